The van der Waals surface area contributed by atoms with Crippen LogP contribution in [0, 0.1) is 5.82 Å². The van der Waals surface area contributed by atoms with Gasteiger partial charge in [-0.2, -0.15) is 0 Å². The monoisotopic (exact) mass is 438 g/mol. The number of halogens is 1. The van der Waals surface area contributed by atoms with Crippen LogP contribution in [0.25, 0.3) is 22.5 Å². The summed E-state index contributed by atoms with van der Waals surface area (Å²) in [7, 11) is 0. The number of nitrogens with one attached hydrogen (secondary N) is 1. The van der Waals surface area contributed by atoms with E-state index in [9.17, 15) is 9.18 Å². The number of hydrogen-bond acceptors (Lipinski definition) is 4. The molecule has 6 heteroatoms. The first-order valence-electron chi connectivity index (χ1n) is 11.0. The molecule has 0 saturated heterocycles. The van der Waals surface area contributed by atoms with Crippen LogP contribution in [0.1, 0.15) is 35.7 Å². The molecule has 2 aromatic heterocycles. The van der Waals surface area contributed by atoms with Gasteiger partial charge in [0.2, 0.25) is 5.91 Å². The molecule has 164 valence electrons. The number of rotatable bonds is 7. The Kier molecular flexibility index (Phi) is 5.89. The molecule has 2 aromatic carbocycles. The minimum atomic E-state index is -0.365. The van der Waals surface area contributed by atoms with Crippen molar-refractivity contribution in [3.63, 3.8) is 0 Å². The summed E-state index contributed by atoms with van der Waals surface area (Å²) in [6, 6.07) is 20.1. The Morgan fingerprint density at radius 2 is 1.76 bits per heavy atom. The topological polar surface area (TPSA) is 67.8 Å². The Hall–Kier alpha value is -3.93. The molecule has 1 fully saturated rings. The molecule has 2 heterocycles. The average Bonchev–Trinajstić information content (AvgIpc) is 3.70. The predicted molar refractivity (Wildman–Crippen MR) is 125 cm³/mol. The lowest BCUT2D eigenvalue weighted by Crippen LogP contribution is -2.24. The van der Waals surface area contributed by atoms with Crippen molar-refractivity contribution in [2.24, 2.45) is 0 Å². The van der Waals surface area contributed by atoms with Gasteiger partial charge in [-0.05, 0) is 42.2 Å². The second kappa shape index (κ2) is 9.28. The van der Waals surface area contributed by atoms with Crippen molar-refractivity contribution in [3.05, 3.63) is 102 Å². The van der Waals surface area contributed by atoms with Crippen molar-refractivity contribution < 1.29 is 9.18 Å². The van der Waals surface area contributed by atoms with Crippen LogP contribution in [-0.4, -0.2) is 20.9 Å². The number of pyridine rings is 1. The van der Waals surface area contributed by atoms with Crippen LogP contribution in [0.5, 0.6) is 0 Å². The third-order valence-electron chi connectivity index (χ3n) is 5.72. The van der Waals surface area contributed by atoms with E-state index >= 15 is 0 Å². The Morgan fingerprint density at radius 3 is 2.48 bits per heavy atom. The SMILES string of the molecule is O=C(Cc1ccccc1F)NCc1ccc(-c2nc(C3CC3)ncc2-c2ccccn2)cc1. The van der Waals surface area contributed by atoms with Gasteiger partial charge in [-0.1, -0.05) is 48.5 Å². The first-order chi connectivity index (χ1) is 16.2. The second-order valence-corrected chi connectivity index (χ2v) is 8.22. The molecule has 1 N–H and O–H groups in total. The Balaban J connectivity index is 1.32. The number of amides is 1. The zero-order valence-corrected chi connectivity index (χ0v) is 18.0. The van der Waals surface area contributed by atoms with Gasteiger partial charge in [-0.3, -0.25) is 9.78 Å². The maximum Gasteiger partial charge on any atom is 0.224 e. The van der Waals surface area contributed by atoms with Crippen LogP contribution in [0.15, 0.2) is 79.1 Å². The van der Waals surface area contributed by atoms with Gasteiger partial charge in [0.25, 0.3) is 0 Å². The minimum absolute atomic E-state index is 0.0169. The maximum atomic E-state index is 13.8. The van der Waals surface area contributed by atoms with Gasteiger partial charge in [-0.25, -0.2) is 14.4 Å². The fraction of sp³-hybridized carbons (Fsp3) is 0.185. The normalized spacial score (nSPS) is 13.0. The zero-order valence-electron chi connectivity index (χ0n) is 18.0. The van der Waals surface area contributed by atoms with Crippen LogP contribution in [0.4, 0.5) is 4.39 Å². The molecule has 1 aliphatic carbocycles. The molecule has 1 aliphatic rings. The molecule has 5 rings (SSSR count). The van der Waals surface area contributed by atoms with Gasteiger partial charge < -0.3 is 5.32 Å². The summed E-state index contributed by atoms with van der Waals surface area (Å²) >= 11 is 0. The van der Waals surface area contributed by atoms with Gasteiger partial charge in [0.15, 0.2) is 0 Å². The molecule has 1 amide bonds. The Labute approximate surface area is 191 Å². The Morgan fingerprint density at radius 1 is 0.970 bits per heavy atom. The van der Waals surface area contributed by atoms with Crippen LogP contribution in [0.2, 0.25) is 0 Å². The first-order valence-corrected chi connectivity index (χ1v) is 11.0. The summed E-state index contributed by atoms with van der Waals surface area (Å²) in [6.45, 7) is 0.373. The number of carbonyl (C=O) groups excluding carboxylic acids is 1. The third kappa shape index (κ3) is 4.95. The van der Waals surface area contributed by atoms with E-state index in [4.69, 9.17) is 4.98 Å². The molecule has 0 bridgehead atoms. The molecule has 0 radical (unpaired) electrons. The van der Waals surface area contributed by atoms with Crippen LogP contribution < -0.4 is 5.32 Å². The number of carbonyl (C=O) groups is 1. The highest BCUT2D eigenvalue weighted by atomic mass is 19.1. The van der Waals surface area contributed by atoms with Gasteiger partial charge in [0.05, 0.1) is 17.8 Å². The van der Waals surface area contributed by atoms with E-state index in [1.165, 1.54) is 6.07 Å². The standard InChI is InChI=1S/C27H23FN4O/c28-23-6-2-1-5-21(23)15-25(33)30-16-18-8-10-19(11-9-18)26-22(24-7-3-4-14-29-24)17-31-27(32-26)20-12-13-20/h1-11,14,17,20H,12-13,15-16H2,(H,30,33). The summed E-state index contributed by atoms with van der Waals surface area (Å²) in [5, 5.41) is 2.86. The maximum absolute atomic E-state index is 13.8. The molecular weight excluding hydrogens is 415 g/mol. The molecule has 4 aromatic rings. The van der Waals surface area contributed by atoms with E-state index in [-0.39, 0.29) is 18.1 Å². The van der Waals surface area contributed by atoms with E-state index in [0.717, 1.165) is 46.7 Å². The summed E-state index contributed by atoms with van der Waals surface area (Å²) in [5.41, 5.74) is 4.91. The van der Waals surface area contributed by atoms with Crippen LogP contribution >= 0.6 is 0 Å². The van der Waals surface area contributed by atoms with E-state index in [1.54, 1.807) is 24.4 Å². The summed E-state index contributed by atoms with van der Waals surface area (Å²) < 4.78 is 13.8. The van der Waals surface area contributed by atoms with Crippen LogP contribution in [0.3, 0.4) is 0 Å². The molecule has 0 spiro atoms. The zero-order chi connectivity index (χ0) is 22.6. The largest absolute Gasteiger partial charge is 0.352 e. The van der Waals surface area contributed by atoms with Crippen molar-refractivity contribution in [1.29, 1.82) is 0 Å². The average molecular weight is 439 g/mol. The highest BCUT2D eigenvalue weighted by Gasteiger charge is 2.27. The van der Waals surface area contributed by atoms with Crippen molar-refractivity contribution in [3.8, 4) is 22.5 Å². The molecule has 0 atom stereocenters. The number of aromatic nitrogens is 3. The first kappa shape index (κ1) is 20.9. The van der Waals surface area contributed by atoms with Crippen molar-refractivity contribution in [1.82, 2.24) is 20.3 Å². The third-order valence-corrected chi connectivity index (χ3v) is 5.72. The van der Waals surface area contributed by atoms with E-state index in [2.05, 4.69) is 15.3 Å². The second-order valence-electron chi connectivity index (χ2n) is 8.22. The van der Waals surface area contributed by atoms with E-state index in [1.807, 2.05) is 48.7 Å². The number of benzene rings is 2. The van der Waals surface area contributed by atoms with Crippen molar-refractivity contribution >= 4 is 5.91 Å². The molecule has 5 nitrogen and oxygen atoms in total. The highest BCUT2D eigenvalue weighted by molar-refractivity contribution is 5.79. The van der Waals surface area contributed by atoms with Crippen molar-refractivity contribution in [2.45, 2.75) is 31.7 Å². The molecule has 33 heavy (non-hydrogen) atoms. The predicted octanol–water partition coefficient (Wildman–Crippen LogP) is 5.08. The fourth-order valence-electron chi connectivity index (χ4n) is 3.72. The van der Waals surface area contributed by atoms with Gasteiger partial charge in [0, 0.05) is 36.0 Å². The van der Waals surface area contributed by atoms with Crippen LogP contribution in [-0.2, 0) is 17.8 Å². The van der Waals surface area contributed by atoms with Gasteiger partial charge >= 0.3 is 0 Å². The number of hydrogen-bond donors (Lipinski definition) is 1. The van der Waals surface area contributed by atoms with Crippen molar-refractivity contribution in [2.75, 3.05) is 0 Å². The lowest BCUT2D eigenvalue weighted by molar-refractivity contribution is -0.120. The van der Waals surface area contributed by atoms with Gasteiger partial charge in [-0.15, -0.1) is 0 Å². The smallest absolute Gasteiger partial charge is 0.224 e. The number of nitrogens with zero attached hydrogens (tertiary/aromatic N) is 3. The van der Waals surface area contributed by atoms with E-state index < -0.39 is 0 Å². The summed E-state index contributed by atoms with van der Waals surface area (Å²) in [5.74, 6) is 0.752. The molecular formula is C27H23FN4O. The molecule has 1 saturated carbocycles. The van der Waals surface area contributed by atoms with E-state index in [0.29, 0.717) is 18.0 Å². The lowest BCUT2D eigenvalue weighted by atomic mass is 10.0. The van der Waals surface area contributed by atoms with Gasteiger partial charge in [0.1, 0.15) is 11.6 Å². The highest BCUT2D eigenvalue weighted by Crippen LogP contribution is 2.40. The summed E-state index contributed by atoms with van der Waals surface area (Å²) in [4.78, 5) is 26.2. The Bertz CT molecular complexity index is 1270. The fourth-order valence-corrected chi connectivity index (χ4v) is 3.72. The quantitative estimate of drug-likeness (QED) is 0.437. The minimum Gasteiger partial charge on any atom is -0.352 e. The molecule has 0 unspecified atom stereocenters. The lowest BCUT2D eigenvalue weighted by Gasteiger charge is -2.11. The molecule has 0 aliphatic heterocycles. The summed E-state index contributed by atoms with van der Waals surface area (Å²) in [6.07, 6.45) is 5.92.